The Morgan fingerprint density at radius 1 is 1.00 bits per heavy atom. The zero-order valence-electron chi connectivity index (χ0n) is 33.1. The van der Waals surface area contributed by atoms with Gasteiger partial charge in [-0.2, -0.15) is 0 Å². The second-order valence-electron chi connectivity index (χ2n) is 15.3. The fourth-order valence-electron chi connectivity index (χ4n) is 7.76. The van der Waals surface area contributed by atoms with Crippen LogP contribution in [0.4, 0.5) is 5.82 Å². The minimum absolute atomic E-state index is 0.0253. The number of aromatic amines is 1. The van der Waals surface area contributed by atoms with E-state index in [1.807, 2.05) is 24.3 Å². The number of anilines is 1. The summed E-state index contributed by atoms with van der Waals surface area (Å²) in [5.74, 6) is -2.14. The second-order valence-corrected chi connectivity index (χ2v) is 15.3. The van der Waals surface area contributed by atoms with Crippen LogP contribution in [-0.4, -0.2) is 110 Å². The average Bonchev–Trinajstić information content (AvgIpc) is 3.58. The van der Waals surface area contributed by atoms with Crippen LogP contribution < -0.4 is 20.9 Å². The first-order chi connectivity index (χ1) is 28.0. The topological polar surface area (TPSA) is 251 Å². The van der Waals surface area contributed by atoms with Crippen LogP contribution in [0.1, 0.15) is 74.7 Å². The summed E-state index contributed by atoms with van der Waals surface area (Å²) >= 11 is 0. The van der Waals surface area contributed by atoms with E-state index in [4.69, 9.17) is 4.74 Å². The lowest BCUT2D eigenvalue weighted by Crippen LogP contribution is -2.67. The number of aromatic hydroxyl groups is 1. The van der Waals surface area contributed by atoms with E-state index >= 15 is 0 Å². The molecule has 1 saturated heterocycles. The van der Waals surface area contributed by atoms with E-state index in [1.54, 1.807) is 50.1 Å². The van der Waals surface area contributed by atoms with Crippen molar-refractivity contribution in [1.29, 1.82) is 0 Å². The van der Waals surface area contributed by atoms with Gasteiger partial charge in [-0.1, -0.05) is 30.4 Å². The number of carbonyl (C=O) groups excluding carboxylic acids is 4. The zero-order valence-corrected chi connectivity index (χ0v) is 33.1. The van der Waals surface area contributed by atoms with Crippen LogP contribution in [0.5, 0.6) is 5.75 Å². The minimum atomic E-state index is -2.09. The Hall–Kier alpha value is -6.07. The predicted octanol–water partition coefficient (Wildman–Crippen LogP) is 2.36. The number of nitrogens with zero attached hydrogens (tertiary/aromatic N) is 1. The largest absolute Gasteiger partial charge is 0.507 e. The Labute approximate surface area is 339 Å². The van der Waals surface area contributed by atoms with Crippen LogP contribution in [0.15, 0.2) is 60.7 Å². The molecule has 59 heavy (non-hydrogen) atoms. The summed E-state index contributed by atoms with van der Waals surface area (Å²) in [7, 11) is 1.72. The molecule has 0 spiro atoms. The third kappa shape index (κ3) is 9.15. The number of phenols is 1. The van der Waals surface area contributed by atoms with Gasteiger partial charge in [0, 0.05) is 73.9 Å². The Morgan fingerprint density at radius 3 is 2.41 bits per heavy atom. The fraction of sp³-hybridized carbons (Fsp3) is 0.372. The third-order valence-electron chi connectivity index (χ3n) is 11.0. The van der Waals surface area contributed by atoms with E-state index < -0.39 is 66.8 Å². The maximum atomic E-state index is 13.2. The highest BCUT2D eigenvalue weighted by Gasteiger charge is 2.54. The maximum absolute atomic E-state index is 13.2. The number of aliphatic hydroxyl groups is 3. The number of benzene rings is 3. The Kier molecular flexibility index (Phi) is 12.6. The molecule has 6 rings (SSSR count). The summed E-state index contributed by atoms with van der Waals surface area (Å²) in [5.41, 5.74) is 2.76. The Balaban J connectivity index is 1.11. The molecule has 0 aliphatic carbocycles. The van der Waals surface area contributed by atoms with Crippen molar-refractivity contribution >= 4 is 52.4 Å². The highest BCUT2D eigenvalue weighted by Crippen LogP contribution is 2.36. The van der Waals surface area contributed by atoms with Crippen molar-refractivity contribution in [3.63, 3.8) is 0 Å². The number of aliphatic carboxylic acids is 1. The molecule has 16 heteroatoms. The molecule has 0 radical (unpaired) electrons. The standard InChI is InChI=1S/C43H49N5O11/c1-22-15-28(16-23(2)36(22)53)41(56)45-21-33(51)37(54)38-35(46-24(3)49)32(50)19-43(59-38,42(57)58)14-6-9-25-7-5-8-26(17-25)20-44-40(55)27-10-12-31-30(18-27)29-11-13-34(52)48(4)39(29)47-31/h5-10,12,15-18,32-33,35,37-38,47,50-51,53-54H,11,13-14,19-21H2,1-4H3,(H,44,55)(H,45,56)(H,46,49)(H,57,58)/b9-6+/t32-,33+,35+,37+,38+,43+/m0/s1. The molecule has 16 nitrogen and oxygen atoms in total. The molecule has 2 aliphatic heterocycles. The number of hydrogen-bond acceptors (Lipinski definition) is 10. The van der Waals surface area contributed by atoms with Gasteiger partial charge in [0.2, 0.25) is 11.8 Å². The van der Waals surface area contributed by atoms with Crippen LogP contribution >= 0.6 is 0 Å². The molecule has 6 atom stereocenters. The normalized spacial score (nSPS) is 21.5. The van der Waals surface area contributed by atoms with Crippen molar-refractivity contribution in [3.8, 4) is 5.75 Å². The van der Waals surface area contributed by atoms with Gasteiger partial charge >= 0.3 is 5.97 Å². The summed E-state index contributed by atoms with van der Waals surface area (Å²) in [4.78, 5) is 68.0. The first-order valence-electron chi connectivity index (χ1n) is 19.2. The molecule has 4 aromatic rings. The number of aliphatic hydroxyl groups excluding tert-OH is 3. The lowest BCUT2D eigenvalue weighted by molar-refractivity contribution is -0.226. The molecule has 3 aromatic carbocycles. The van der Waals surface area contributed by atoms with Gasteiger partial charge in [-0.25, -0.2) is 4.79 Å². The van der Waals surface area contributed by atoms with Gasteiger partial charge in [-0.3, -0.25) is 19.2 Å². The van der Waals surface area contributed by atoms with Crippen LogP contribution in [0.2, 0.25) is 0 Å². The van der Waals surface area contributed by atoms with Crippen LogP contribution in [-0.2, 0) is 32.1 Å². The number of amides is 4. The number of carbonyl (C=O) groups is 5. The van der Waals surface area contributed by atoms with Crippen molar-refractivity contribution in [3.05, 3.63) is 99.6 Å². The van der Waals surface area contributed by atoms with Gasteiger partial charge in [-0.05, 0) is 78.9 Å². The average molecular weight is 812 g/mol. The van der Waals surface area contributed by atoms with E-state index in [0.717, 1.165) is 27.8 Å². The quantitative estimate of drug-likeness (QED) is 0.0948. The highest BCUT2D eigenvalue weighted by atomic mass is 16.6. The summed E-state index contributed by atoms with van der Waals surface area (Å²) in [6.07, 6.45) is -3.30. The van der Waals surface area contributed by atoms with E-state index in [1.165, 1.54) is 25.1 Å². The second kappa shape index (κ2) is 17.4. The summed E-state index contributed by atoms with van der Waals surface area (Å²) in [6, 6.07) is 14.1. The van der Waals surface area contributed by atoms with E-state index in [0.29, 0.717) is 35.1 Å². The van der Waals surface area contributed by atoms with Gasteiger partial charge in [0.1, 0.15) is 23.8 Å². The minimum Gasteiger partial charge on any atom is -0.507 e. The Morgan fingerprint density at radius 2 is 1.71 bits per heavy atom. The highest BCUT2D eigenvalue weighted by molar-refractivity contribution is 6.04. The van der Waals surface area contributed by atoms with Crippen molar-refractivity contribution in [2.24, 2.45) is 0 Å². The van der Waals surface area contributed by atoms with Crippen molar-refractivity contribution in [1.82, 2.24) is 20.9 Å². The molecule has 2 aliphatic rings. The number of carboxylic acid groups (broad SMARTS) is 1. The van der Waals surface area contributed by atoms with E-state index in [9.17, 15) is 49.5 Å². The van der Waals surface area contributed by atoms with Crippen LogP contribution in [0.25, 0.3) is 17.0 Å². The number of carboxylic acids is 1. The summed E-state index contributed by atoms with van der Waals surface area (Å²) < 4.78 is 6.03. The van der Waals surface area contributed by atoms with E-state index in [2.05, 4.69) is 20.9 Å². The number of rotatable bonds is 13. The van der Waals surface area contributed by atoms with Gasteiger partial charge < -0.3 is 56.1 Å². The molecule has 4 amide bonds. The summed E-state index contributed by atoms with van der Waals surface area (Å²) in [5, 5.41) is 62.7. The van der Waals surface area contributed by atoms with Crippen molar-refractivity contribution < 1.29 is 54.2 Å². The number of fused-ring (bicyclic) bond motifs is 3. The molecule has 0 saturated carbocycles. The SMILES string of the molecule is CC(=O)N[C@H]1[C@H]([C@H](O)[C@H](O)CNC(=O)c2cc(C)c(O)c(C)c2)O[C@@](C/C=C/c2cccc(CNC(=O)c3ccc4[nH]c5c(c4c3)CCC(=O)N5C)c2)(C(=O)O)C[C@@H]1O. The van der Waals surface area contributed by atoms with Crippen molar-refractivity contribution in [2.45, 2.75) is 89.1 Å². The number of ether oxygens (including phenoxy) is 1. The lowest BCUT2D eigenvalue weighted by Gasteiger charge is -2.47. The number of aryl methyl sites for hydroxylation is 3. The lowest BCUT2D eigenvalue weighted by atomic mass is 9.81. The predicted molar refractivity (Wildman–Crippen MR) is 217 cm³/mol. The van der Waals surface area contributed by atoms with Crippen molar-refractivity contribution in [2.75, 3.05) is 18.5 Å². The number of nitrogens with one attached hydrogen (secondary N) is 4. The number of hydrogen-bond donors (Lipinski definition) is 9. The first-order valence-corrected chi connectivity index (χ1v) is 19.2. The smallest absolute Gasteiger partial charge is 0.336 e. The number of H-pyrrole nitrogens is 1. The summed E-state index contributed by atoms with van der Waals surface area (Å²) in [6.45, 7) is 4.12. The zero-order chi connectivity index (χ0) is 42.8. The van der Waals surface area contributed by atoms with Gasteiger partial charge in [0.25, 0.3) is 11.8 Å². The van der Waals surface area contributed by atoms with E-state index in [-0.39, 0.29) is 36.1 Å². The van der Waals surface area contributed by atoms with Gasteiger partial charge in [0.15, 0.2) is 5.60 Å². The molecule has 1 aromatic heterocycles. The van der Waals surface area contributed by atoms with Crippen LogP contribution in [0.3, 0.4) is 0 Å². The molecule has 9 N–H and O–H groups in total. The number of phenolic OH excluding ortho intramolecular Hbond substituents is 1. The molecule has 0 bridgehead atoms. The van der Waals surface area contributed by atoms with Crippen LogP contribution in [0, 0.1) is 13.8 Å². The molecular weight excluding hydrogens is 762 g/mol. The fourth-order valence-corrected chi connectivity index (χ4v) is 7.76. The maximum Gasteiger partial charge on any atom is 0.336 e. The van der Waals surface area contributed by atoms with Gasteiger partial charge in [0.05, 0.1) is 18.2 Å². The first kappa shape index (κ1) is 42.5. The number of aromatic nitrogens is 1. The van der Waals surface area contributed by atoms with Gasteiger partial charge in [-0.15, -0.1) is 0 Å². The Bertz CT molecular complexity index is 2300. The molecular formula is C43H49N5O11. The molecule has 3 heterocycles. The monoisotopic (exact) mass is 811 g/mol. The molecule has 0 unspecified atom stereocenters. The molecule has 312 valence electrons. The third-order valence-corrected chi connectivity index (χ3v) is 11.0. The molecule has 1 fully saturated rings.